The summed E-state index contributed by atoms with van der Waals surface area (Å²) in [5.74, 6) is -0.365. The molecule has 0 radical (unpaired) electrons. The Labute approximate surface area is 155 Å². The van der Waals surface area contributed by atoms with Gasteiger partial charge in [0.1, 0.15) is 4.90 Å². The minimum atomic E-state index is -3.83. The van der Waals surface area contributed by atoms with Crippen molar-refractivity contribution < 1.29 is 13.2 Å². The molecule has 6 nitrogen and oxygen atoms in total. The van der Waals surface area contributed by atoms with E-state index in [1.165, 1.54) is 17.7 Å². The molecular formula is C18H15N3O3S2. The molecule has 0 unspecified atom stereocenters. The minimum Gasteiger partial charge on any atom is -0.321 e. The Balaban J connectivity index is 1.68. The molecule has 0 aliphatic rings. The summed E-state index contributed by atoms with van der Waals surface area (Å²) in [5.41, 5.74) is 1.41. The Morgan fingerprint density at radius 2 is 1.65 bits per heavy atom. The summed E-state index contributed by atoms with van der Waals surface area (Å²) in [6.45, 7) is 0. The number of nitrogens with one attached hydrogen (secondary N) is 2. The zero-order valence-electron chi connectivity index (χ0n) is 13.5. The van der Waals surface area contributed by atoms with Gasteiger partial charge in [-0.2, -0.15) is 13.5 Å². The van der Waals surface area contributed by atoms with Crippen LogP contribution in [0.1, 0.15) is 15.2 Å². The van der Waals surface area contributed by atoms with Gasteiger partial charge in [-0.05, 0) is 23.8 Å². The summed E-state index contributed by atoms with van der Waals surface area (Å²) < 4.78 is 24.5. The van der Waals surface area contributed by atoms with Crippen LogP contribution in [0.5, 0.6) is 0 Å². The van der Waals surface area contributed by atoms with Crippen molar-refractivity contribution in [3.8, 4) is 0 Å². The molecule has 0 aliphatic heterocycles. The maximum atomic E-state index is 12.3. The van der Waals surface area contributed by atoms with Crippen LogP contribution in [0, 0.1) is 0 Å². The molecule has 0 fully saturated rings. The zero-order valence-corrected chi connectivity index (χ0v) is 15.1. The highest BCUT2D eigenvalue weighted by Crippen LogP contribution is 2.20. The molecule has 0 spiro atoms. The van der Waals surface area contributed by atoms with Gasteiger partial charge >= 0.3 is 0 Å². The maximum Gasteiger partial charge on any atom is 0.277 e. The number of nitrogens with zero attached hydrogens (tertiary/aromatic N) is 1. The lowest BCUT2D eigenvalue weighted by Gasteiger charge is -2.02. The fraction of sp³-hybridized carbons (Fsp3) is 0. The average molecular weight is 385 g/mol. The van der Waals surface area contributed by atoms with E-state index >= 15 is 0 Å². The van der Waals surface area contributed by atoms with E-state index in [1.807, 2.05) is 24.3 Å². The second-order valence-electron chi connectivity index (χ2n) is 5.23. The Bertz CT molecular complexity index is 1010. The number of carbonyl (C=O) groups is 1. The topological polar surface area (TPSA) is 87.6 Å². The molecule has 0 aliphatic carbocycles. The number of para-hydroxylation sites is 1. The quantitative estimate of drug-likeness (QED) is 0.504. The van der Waals surface area contributed by atoms with Crippen molar-refractivity contribution in [1.82, 2.24) is 4.83 Å². The highest BCUT2D eigenvalue weighted by Gasteiger charge is 2.18. The Hall–Kier alpha value is -2.97. The molecule has 0 saturated heterocycles. The summed E-state index contributed by atoms with van der Waals surface area (Å²) in [6.07, 6.45) is 1.41. The van der Waals surface area contributed by atoms with E-state index in [9.17, 15) is 13.2 Å². The molecular weight excluding hydrogens is 370 g/mol. The molecule has 1 heterocycles. The number of rotatable bonds is 6. The van der Waals surface area contributed by atoms with Crippen LogP contribution in [0.3, 0.4) is 0 Å². The number of hydrogen-bond donors (Lipinski definition) is 2. The third-order valence-electron chi connectivity index (χ3n) is 3.33. The van der Waals surface area contributed by atoms with Crippen molar-refractivity contribution in [2.24, 2.45) is 5.10 Å². The van der Waals surface area contributed by atoms with Gasteiger partial charge in [0, 0.05) is 11.1 Å². The summed E-state index contributed by atoms with van der Waals surface area (Å²) >= 11 is 1.05. The van der Waals surface area contributed by atoms with Crippen molar-refractivity contribution >= 4 is 39.2 Å². The predicted octanol–water partition coefficient (Wildman–Crippen LogP) is 3.31. The lowest BCUT2D eigenvalue weighted by Crippen LogP contribution is -2.18. The van der Waals surface area contributed by atoms with E-state index in [0.717, 1.165) is 16.9 Å². The number of amides is 1. The number of sulfonamides is 1. The average Bonchev–Trinajstić information content (AvgIpc) is 3.15. The van der Waals surface area contributed by atoms with Crippen LogP contribution in [0.15, 0.2) is 82.1 Å². The smallest absolute Gasteiger partial charge is 0.277 e. The van der Waals surface area contributed by atoms with Crippen LogP contribution < -0.4 is 10.1 Å². The SMILES string of the molecule is O=C(Nc1ccccc1)c1cc(S(=O)(=O)NN=Cc2ccccc2)cs1. The third kappa shape index (κ3) is 4.56. The predicted molar refractivity (Wildman–Crippen MR) is 103 cm³/mol. The van der Waals surface area contributed by atoms with Crippen LogP contribution in [0.2, 0.25) is 0 Å². The first kappa shape index (κ1) is 17.8. The standard InChI is InChI=1S/C18H15N3O3S2/c22-18(20-15-9-5-2-6-10-15)17-11-16(13-25-17)26(23,24)21-19-12-14-7-3-1-4-8-14/h1-13,21H,(H,20,22). The van der Waals surface area contributed by atoms with Gasteiger partial charge in [-0.25, -0.2) is 4.83 Å². The second-order valence-corrected chi connectivity index (χ2v) is 7.80. The molecule has 0 bridgehead atoms. The van der Waals surface area contributed by atoms with Gasteiger partial charge in [-0.1, -0.05) is 48.5 Å². The van der Waals surface area contributed by atoms with E-state index in [1.54, 1.807) is 36.4 Å². The van der Waals surface area contributed by atoms with Crippen molar-refractivity contribution in [1.29, 1.82) is 0 Å². The molecule has 2 N–H and O–H groups in total. The number of benzene rings is 2. The fourth-order valence-corrected chi connectivity index (χ4v) is 4.01. The van der Waals surface area contributed by atoms with E-state index in [4.69, 9.17) is 0 Å². The van der Waals surface area contributed by atoms with Crippen LogP contribution in [-0.4, -0.2) is 20.5 Å². The lowest BCUT2D eigenvalue weighted by atomic mass is 10.2. The number of anilines is 1. The summed E-state index contributed by atoms with van der Waals surface area (Å²) in [6, 6.07) is 19.4. The molecule has 26 heavy (non-hydrogen) atoms. The largest absolute Gasteiger partial charge is 0.321 e. The number of carbonyl (C=O) groups excluding carboxylic acids is 1. The first-order chi connectivity index (χ1) is 12.5. The van der Waals surface area contributed by atoms with Gasteiger partial charge in [0.2, 0.25) is 0 Å². The van der Waals surface area contributed by atoms with Crippen molar-refractivity contribution in [2.75, 3.05) is 5.32 Å². The number of hydrazone groups is 1. The fourth-order valence-electron chi connectivity index (χ4n) is 2.06. The number of thiophene rings is 1. The van der Waals surface area contributed by atoms with Gasteiger partial charge in [0.25, 0.3) is 15.9 Å². The van der Waals surface area contributed by atoms with Gasteiger partial charge in [0.05, 0.1) is 11.1 Å². The first-order valence-electron chi connectivity index (χ1n) is 7.59. The van der Waals surface area contributed by atoms with E-state index in [-0.39, 0.29) is 10.8 Å². The maximum absolute atomic E-state index is 12.3. The van der Waals surface area contributed by atoms with Crippen LogP contribution >= 0.6 is 11.3 Å². The van der Waals surface area contributed by atoms with Gasteiger partial charge in [0.15, 0.2) is 0 Å². The van der Waals surface area contributed by atoms with Crippen molar-refractivity contribution in [2.45, 2.75) is 4.90 Å². The number of hydrogen-bond acceptors (Lipinski definition) is 5. The summed E-state index contributed by atoms with van der Waals surface area (Å²) in [7, 11) is -3.83. The first-order valence-corrected chi connectivity index (χ1v) is 9.96. The molecule has 132 valence electrons. The Morgan fingerprint density at radius 3 is 2.35 bits per heavy atom. The highest BCUT2D eigenvalue weighted by atomic mass is 32.2. The van der Waals surface area contributed by atoms with E-state index < -0.39 is 10.0 Å². The van der Waals surface area contributed by atoms with Gasteiger partial charge in [-0.3, -0.25) is 4.79 Å². The Morgan fingerprint density at radius 1 is 1.00 bits per heavy atom. The third-order valence-corrected chi connectivity index (χ3v) is 5.61. The minimum absolute atomic E-state index is 0.00840. The summed E-state index contributed by atoms with van der Waals surface area (Å²) in [4.78, 5) is 14.6. The van der Waals surface area contributed by atoms with E-state index in [0.29, 0.717) is 10.6 Å². The molecule has 0 saturated carbocycles. The molecule has 8 heteroatoms. The zero-order chi connectivity index (χ0) is 18.4. The second kappa shape index (κ2) is 7.94. The molecule has 2 aromatic carbocycles. The van der Waals surface area contributed by atoms with Crippen molar-refractivity contribution in [3.05, 3.63) is 82.6 Å². The molecule has 1 aromatic heterocycles. The van der Waals surface area contributed by atoms with Gasteiger partial charge < -0.3 is 5.32 Å². The normalized spacial score (nSPS) is 11.4. The van der Waals surface area contributed by atoms with Gasteiger partial charge in [-0.15, -0.1) is 11.3 Å². The van der Waals surface area contributed by atoms with E-state index in [2.05, 4.69) is 15.2 Å². The summed E-state index contributed by atoms with van der Waals surface area (Å²) in [5, 5.41) is 7.87. The Kier molecular flexibility index (Phi) is 5.45. The molecule has 3 rings (SSSR count). The van der Waals surface area contributed by atoms with Crippen LogP contribution in [0.4, 0.5) is 5.69 Å². The van der Waals surface area contributed by atoms with Crippen molar-refractivity contribution in [3.63, 3.8) is 0 Å². The van der Waals surface area contributed by atoms with Crippen LogP contribution in [-0.2, 0) is 10.0 Å². The molecule has 3 aromatic rings. The lowest BCUT2D eigenvalue weighted by molar-refractivity contribution is 0.103. The highest BCUT2D eigenvalue weighted by molar-refractivity contribution is 7.89. The molecule has 0 atom stereocenters. The molecule has 1 amide bonds. The monoisotopic (exact) mass is 385 g/mol. The van der Waals surface area contributed by atoms with Crippen LogP contribution in [0.25, 0.3) is 0 Å².